The Balaban J connectivity index is 1.59. The molecule has 0 saturated heterocycles. The molecule has 1 atom stereocenters. The number of rotatable bonds is 4. The van der Waals surface area contributed by atoms with Gasteiger partial charge < -0.3 is 11.1 Å². The first-order valence-corrected chi connectivity index (χ1v) is 9.69. The van der Waals surface area contributed by atoms with Gasteiger partial charge in [-0.2, -0.15) is 5.10 Å². The van der Waals surface area contributed by atoms with Crippen LogP contribution in [0.4, 0.5) is 10.2 Å². The van der Waals surface area contributed by atoms with E-state index in [-0.39, 0.29) is 11.9 Å². The van der Waals surface area contributed by atoms with Crippen LogP contribution in [-0.2, 0) is 0 Å². The molecule has 3 N–H and O–H groups in total. The molecule has 0 aliphatic carbocycles. The molecule has 1 aliphatic heterocycles. The zero-order valence-corrected chi connectivity index (χ0v) is 16.3. The Kier molecular flexibility index (Phi) is 4.47. The van der Waals surface area contributed by atoms with Crippen LogP contribution in [0.15, 0.2) is 42.9 Å². The van der Waals surface area contributed by atoms with Gasteiger partial charge in [0.25, 0.3) is 0 Å². The topological polar surface area (TPSA) is 112 Å². The van der Waals surface area contributed by atoms with Crippen LogP contribution in [0.5, 0.6) is 0 Å². The lowest BCUT2D eigenvalue weighted by atomic mass is 10.0. The Labute approximate surface area is 171 Å². The molecule has 0 bridgehead atoms. The summed E-state index contributed by atoms with van der Waals surface area (Å²) in [5.74, 6) is 0.0229. The number of anilines is 1. The average molecular weight is 405 g/mol. The van der Waals surface area contributed by atoms with Crippen molar-refractivity contribution in [1.29, 1.82) is 0 Å². The Bertz CT molecular complexity index is 1260. The van der Waals surface area contributed by atoms with Crippen molar-refractivity contribution in [2.45, 2.75) is 19.4 Å². The molecule has 0 spiro atoms. The lowest BCUT2D eigenvalue weighted by Crippen LogP contribution is -2.20. The summed E-state index contributed by atoms with van der Waals surface area (Å²) in [6.45, 7) is 3.60. The number of aromatic nitrogens is 7. The highest BCUT2D eigenvalue weighted by molar-refractivity contribution is 5.95. The SMILES string of the molecule is CC(c1cn(-c2ccccc2F)nn1)n1nc(C2=CCNCC2)c2c(N)ncnc21. The van der Waals surface area contributed by atoms with Gasteiger partial charge in [0.1, 0.15) is 35.0 Å². The number of halogens is 1. The predicted octanol–water partition coefficient (Wildman–Crippen LogP) is 2.11. The van der Waals surface area contributed by atoms with E-state index >= 15 is 0 Å². The summed E-state index contributed by atoms with van der Waals surface area (Å²) < 4.78 is 17.3. The summed E-state index contributed by atoms with van der Waals surface area (Å²) >= 11 is 0. The number of para-hydroxylation sites is 1. The highest BCUT2D eigenvalue weighted by Gasteiger charge is 2.24. The molecule has 4 heterocycles. The Morgan fingerprint density at radius 1 is 1.23 bits per heavy atom. The monoisotopic (exact) mass is 405 g/mol. The third-order valence-electron chi connectivity index (χ3n) is 5.29. The van der Waals surface area contributed by atoms with E-state index in [9.17, 15) is 4.39 Å². The molecule has 4 aromatic rings. The van der Waals surface area contributed by atoms with Crippen LogP contribution in [0.2, 0.25) is 0 Å². The van der Waals surface area contributed by atoms with Gasteiger partial charge in [0.2, 0.25) is 0 Å². The van der Waals surface area contributed by atoms with Gasteiger partial charge in [-0.1, -0.05) is 23.4 Å². The highest BCUT2D eigenvalue weighted by Crippen LogP contribution is 2.32. The smallest absolute Gasteiger partial charge is 0.164 e. The largest absolute Gasteiger partial charge is 0.383 e. The summed E-state index contributed by atoms with van der Waals surface area (Å²) in [6.07, 6.45) is 6.09. The lowest BCUT2D eigenvalue weighted by Gasteiger charge is -2.12. The number of benzene rings is 1. The molecule has 1 aliphatic rings. The van der Waals surface area contributed by atoms with E-state index in [2.05, 4.69) is 31.7 Å². The van der Waals surface area contributed by atoms with Crippen LogP contribution < -0.4 is 11.1 Å². The van der Waals surface area contributed by atoms with Gasteiger partial charge in [-0.25, -0.2) is 23.7 Å². The standard InChI is InChI=1S/C20H20FN9/c1-12(15-10-29(28-26-15)16-5-3-2-4-14(16)21)30-20-17(19(22)24-11-25-20)18(27-30)13-6-8-23-9-7-13/h2-6,10-12,23H,7-9H2,1H3,(H2,22,24,25). The van der Waals surface area contributed by atoms with Crippen molar-refractivity contribution in [3.63, 3.8) is 0 Å². The molecular formula is C20H20FN9. The molecule has 0 radical (unpaired) electrons. The van der Waals surface area contributed by atoms with Gasteiger partial charge in [-0.3, -0.25) is 0 Å². The molecule has 3 aromatic heterocycles. The van der Waals surface area contributed by atoms with Gasteiger partial charge in [-0.15, -0.1) is 5.10 Å². The fourth-order valence-electron chi connectivity index (χ4n) is 3.68. The Morgan fingerprint density at radius 2 is 2.10 bits per heavy atom. The second-order valence-electron chi connectivity index (χ2n) is 7.15. The Morgan fingerprint density at radius 3 is 2.90 bits per heavy atom. The molecule has 0 amide bonds. The third kappa shape index (κ3) is 3.01. The fourth-order valence-corrected chi connectivity index (χ4v) is 3.68. The average Bonchev–Trinajstić information content (AvgIpc) is 3.40. The normalized spacial score (nSPS) is 15.3. The zero-order chi connectivity index (χ0) is 20.7. The number of hydrogen-bond donors (Lipinski definition) is 2. The maximum atomic E-state index is 14.1. The number of nitrogens with zero attached hydrogens (tertiary/aromatic N) is 7. The predicted molar refractivity (Wildman–Crippen MR) is 110 cm³/mol. The quantitative estimate of drug-likeness (QED) is 0.535. The maximum Gasteiger partial charge on any atom is 0.164 e. The molecule has 0 fully saturated rings. The molecule has 1 unspecified atom stereocenters. The Hall–Kier alpha value is -3.66. The number of nitrogens with one attached hydrogen (secondary N) is 1. The number of fused-ring (bicyclic) bond motifs is 1. The van der Waals surface area contributed by atoms with E-state index in [0.717, 1.165) is 36.2 Å². The molecule has 30 heavy (non-hydrogen) atoms. The van der Waals surface area contributed by atoms with Gasteiger partial charge in [0.05, 0.1) is 17.6 Å². The minimum atomic E-state index is -0.369. The summed E-state index contributed by atoms with van der Waals surface area (Å²) in [5, 5.41) is 17.2. The van der Waals surface area contributed by atoms with E-state index in [4.69, 9.17) is 10.8 Å². The second kappa shape index (κ2) is 7.30. The molecule has 152 valence electrons. The van der Waals surface area contributed by atoms with Crippen molar-refractivity contribution < 1.29 is 4.39 Å². The molecule has 10 heteroatoms. The van der Waals surface area contributed by atoms with Gasteiger partial charge in [-0.05, 0) is 37.6 Å². The van der Waals surface area contributed by atoms with Crippen LogP contribution >= 0.6 is 0 Å². The van der Waals surface area contributed by atoms with E-state index in [1.165, 1.54) is 17.1 Å². The van der Waals surface area contributed by atoms with Crippen LogP contribution in [0, 0.1) is 5.82 Å². The number of hydrogen-bond acceptors (Lipinski definition) is 7. The van der Waals surface area contributed by atoms with Crippen LogP contribution in [0.3, 0.4) is 0 Å². The first-order chi connectivity index (χ1) is 14.6. The van der Waals surface area contributed by atoms with Gasteiger partial charge in [0, 0.05) is 6.54 Å². The molecule has 9 nitrogen and oxygen atoms in total. The molecular weight excluding hydrogens is 385 g/mol. The summed E-state index contributed by atoms with van der Waals surface area (Å²) in [4.78, 5) is 8.59. The van der Waals surface area contributed by atoms with Crippen LogP contribution in [-0.4, -0.2) is 47.8 Å². The van der Waals surface area contributed by atoms with E-state index < -0.39 is 0 Å². The molecule has 1 aromatic carbocycles. The van der Waals surface area contributed by atoms with Crippen molar-refractivity contribution in [3.05, 3.63) is 60.1 Å². The second-order valence-corrected chi connectivity index (χ2v) is 7.15. The van der Waals surface area contributed by atoms with Gasteiger partial charge >= 0.3 is 0 Å². The number of nitrogen functional groups attached to an aromatic ring is 1. The summed E-state index contributed by atoms with van der Waals surface area (Å²) in [5.41, 5.74) is 9.69. The first kappa shape index (κ1) is 18.4. The molecule has 0 saturated carbocycles. The summed E-state index contributed by atoms with van der Waals surface area (Å²) in [6, 6.07) is 6.13. The number of nitrogens with two attached hydrogens (primary N) is 1. The van der Waals surface area contributed by atoms with E-state index in [1.807, 2.05) is 6.92 Å². The van der Waals surface area contributed by atoms with Gasteiger partial charge in [0.15, 0.2) is 5.65 Å². The third-order valence-corrected chi connectivity index (χ3v) is 5.29. The summed E-state index contributed by atoms with van der Waals surface area (Å²) in [7, 11) is 0. The van der Waals surface area contributed by atoms with Crippen LogP contribution in [0.25, 0.3) is 22.3 Å². The van der Waals surface area contributed by atoms with Crippen LogP contribution in [0.1, 0.15) is 30.8 Å². The lowest BCUT2D eigenvalue weighted by molar-refractivity contribution is 0.561. The zero-order valence-electron chi connectivity index (χ0n) is 16.3. The highest BCUT2D eigenvalue weighted by atomic mass is 19.1. The van der Waals surface area contributed by atoms with Crippen molar-refractivity contribution in [2.24, 2.45) is 0 Å². The van der Waals surface area contributed by atoms with Crippen molar-refractivity contribution in [1.82, 2.24) is 40.1 Å². The van der Waals surface area contributed by atoms with E-state index in [0.29, 0.717) is 22.8 Å². The molecule has 5 rings (SSSR count). The van der Waals surface area contributed by atoms with Crippen molar-refractivity contribution >= 4 is 22.4 Å². The first-order valence-electron chi connectivity index (χ1n) is 9.69. The van der Waals surface area contributed by atoms with Crippen molar-refractivity contribution in [3.8, 4) is 5.69 Å². The van der Waals surface area contributed by atoms with E-state index in [1.54, 1.807) is 29.1 Å². The maximum absolute atomic E-state index is 14.1. The van der Waals surface area contributed by atoms with Crippen molar-refractivity contribution in [2.75, 3.05) is 18.8 Å². The fraction of sp³-hybridized carbons (Fsp3) is 0.250. The minimum absolute atomic E-state index is 0.293. The minimum Gasteiger partial charge on any atom is -0.383 e.